The van der Waals surface area contributed by atoms with Gasteiger partial charge in [0.2, 0.25) is 0 Å². The van der Waals surface area contributed by atoms with Crippen LogP contribution in [0.4, 0.5) is 5.82 Å². The number of rotatable bonds is 12. The van der Waals surface area contributed by atoms with Crippen molar-refractivity contribution in [1.82, 2.24) is 14.5 Å². The Labute approximate surface area is 191 Å². The number of fused-ring (bicyclic) bond motifs is 3. The summed E-state index contributed by atoms with van der Waals surface area (Å²) in [4.78, 5) is 9.37. The number of benzene rings is 1. The highest BCUT2D eigenvalue weighted by Crippen LogP contribution is 2.31. The molecule has 7 nitrogen and oxygen atoms in total. The molecule has 0 saturated carbocycles. The molecule has 176 valence electrons. The van der Waals surface area contributed by atoms with Gasteiger partial charge in [0.1, 0.15) is 17.9 Å². The van der Waals surface area contributed by atoms with Gasteiger partial charge in [-0.15, -0.1) is 0 Å². The number of nitrogen functional groups attached to an aromatic ring is 1. The van der Waals surface area contributed by atoms with E-state index in [1.54, 1.807) is 0 Å². The molecule has 0 amide bonds. The Balaban J connectivity index is 1.93. The molecule has 0 radical (unpaired) electrons. The first-order chi connectivity index (χ1) is 15.2. The van der Waals surface area contributed by atoms with E-state index >= 15 is 0 Å². The van der Waals surface area contributed by atoms with Gasteiger partial charge in [0.15, 0.2) is 5.82 Å². The van der Waals surface area contributed by atoms with Gasteiger partial charge in [0, 0.05) is 24.0 Å². The van der Waals surface area contributed by atoms with E-state index in [4.69, 9.17) is 24.9 Å². The normalized spacial score (nSPS) is 12.8. The lowest BCUT2D eigenvalue weighted by atomic mass is 9.95. The first-order valence-corrected chi connectivity index (χ1v) is 11.5. The number of aromatic nitrogens is 3. The van der Waals surface area contributed by atoms with Gasteiger partial charge in [-0.25, -0.2) is 9.97 Å². The fourth-order valence-electron chi connectivity index (χ4n) is 3.73. The number of imidazole rings is 1. The molecule has 2 heterocycles. The smallest absolute Gasteiger partial charge is 0.152 e. The Morgan fingerprint density at radius 1 is 1.00 bits per heavy atom. The first-order valence-electron chi connectivity index (χ1n) is 11.5. The number of anilines is 1. The summed E-state index contributed by atoms with van der Waals surface area (Å²) in [6, 6.07) is 8.03. The van der Waals surface area contributed by atoms with Gasteiger partial charge in [-0.2, -0.15) is 0 Å². The molecule has 1 aromatic carbocycles. The third-order valence-electron chi connectivity index (χ3n) is 5.36. The SMILES string of the molecule is CCCOCC(C)(C)COC(C)(C)Cn1c(COCC)nc2c(N)nc3ccccc3c21. The summed E-state index contributed by atoms with van der Waals surface area (Å²) >= 11 is 0. The summed E-state index contributed by atoms with van der Waals surface area (Å²) < 4.78 is 20.1. The van der Waals surface area contributed by atoms with Crippen molar-refractivity contribution in [2.45, 2.75) is 66.7 Å². The molecule has 2 N–H and O–H groups in total. The Kier molecular flexibility index (Phi) is 7.75. The zero-order chi connectivity index (χ0) is 23.4. The van der Waals surface area contributed by atoms with Gasteiger partial charge in [-0.1, -0.05) is 39.0 Å². The van der Waals surface area contributed by atoms with E-state index in [0.29, 0.717) is 44.3 Å². The maximum absolute atomic E-state index is 6.43. The Morgan fingerprint density at radius 2 is 1.75 bits per heavy atom. The third kappa shape index (κ3) is 5.77. The van der Waals surface area contributed by atoms with E-state index in [1.807, 2.05) is 25.1 Å². The molecule has 0 bridgehead atoms. The summed E-state index contributed by atoms with van der Waals surface area (Å²) in [6.45, 7) is 16.4. The highest BCUT2D eigenvalue weighted by atomic mass is 16.5. The molecule has 2 aromatic heterocycles. The lowest BCUT2D eigenvalue weighted by molar-refractivity contribution is -0.0827. The molecular weight excluding hydrogens is 404 g/mol. The minimum absolute atomic E-state index is 0.0708. The number of nitrogens with two attached hydrogens (primary N) is 1. The predicted octanol–water partition coefficient (Wildman–Crippen LogP) is 4.95. The van der Waals surface area contributed by atoms with Gasteiger partial charge in [-0.3, -0.25) is 0 Å². The molecule has 3 aromatic rings. The van der Waals surface area contributed by atoms with E-state index in [1.165, 1.54) is 0 Å². The summed E-state index contributed by atoms with van der Waals surface area (Å²) in [6.07, 6.45) is 1.02. The van der Waals surface area contributed by atoms with Crippen molar-refractivity contribution < 1.29 is 14.2 Å². The maximum atomic E-state index is 6.43. The summed E-state index contributed by atoms with van der Waals surface area (Å²) in [5, 5.41) is 1.02. The van der Waals surface area contributed by atoms with Crippen LogP contribution in [0.5, 0.6) is 0 Å². The molecule has 0 fully saturated rings. The molecule has 7 heteroatoms. The first kappa shape index (κ1) is 24.4. The van der Waals surface area contributed by atoms with Crippen LogP contribution in [-0.2, 0) is 27.4 Å². The monoisotopic (exact) mass is 442 g/mol. The molecule has 0 aliphatic heterocycles. The highest BCUT2D eigenvalue weighted by Gasteiger charge is 2.28. The van der Waals surface area contributed by atoms with Crippen LogP contribution in [0, 0.1) is 5.41 Å². The molecule has 0 atom stereocenters. The average molecular weight is 443 g/mol. The Morgan fingerprint density at radius 3 is 2.47 bits per heavy atom. The zero-order valence-electron chi connectivity index (χ0n) is 20.4. The molecule has 32 heavy (non-hydrogen) atoms. The van der Waals surface area contributed by atoms with Gasteiger partial charge < -0.3 is 24.5 Å². The van der Waals surface area contributed by atoms with Crippen molar-refractivity contribution in [2.75, 3.05) is 32.2 Å². The topological polar surface area (TPSA) is 84.4 Å². The average Bonchev–Trinajstić information content (AvgIpc) is 3.10. The van der Waals surface area contributed by atoms with E-state index < -0.39 is 5.60 Å². The fraction of sp³-hybridized carbons (Fsp3) is 0.600. The molecule has 3 rings (SSSR count). The number of ether oxygens (including phenoxy) is 3. The number of hydrogen-bond donors (Lipinski definition) is 1. The van der Waals surface area contributed by atoms with E-state index in [-0.39, 0.29) is 5.41 Å². The quantitative estimate of drug-likeness (QED) is 0.400. The van der Waals surface area contributed by atoms with E-state index in [0.717, 1.165) is 35.3 Å². The Bertz CT molecular complexity index is 1040. The van der Waals surface area contributed by atoms with Crippen molar-refractivity contribution in [3.63, 3.8) is 0 Å². The Hall–Kier alpha value is -2.22. The van der Waals surface area contributed by atoms with Crippen molar-refractivity contribution in [3.05, 3.63) is 30.1 Å². The summed E-state index contributed by atoms with van der Waals surface area (Å²) in [7, 11) is 0. The molecule has 0 saturated heterocycles. The van der Waals surface area contributed by atoms with Gasteiger partial charge >= 0.3 is 0 Å². The van der Waals surface area contributed by atoms with Gasteiger partial charge in [0.05, 0.1) is 36.4 Å². The number of nitrogens with zero attached hydrogens (tertiary/aromatic N) is 3. The zero-order valence-corrected chi connectivity index (χ0v) is 20.4. The maximum Gasteiger partial charge on any atom is 0.152 e. The molecule has 0 spiro atoms. The van der Waals surface area contributed by atoms with Crippen LogP contribution in [0.15, 0.2) is 24.3 Å². The van der Waals surface area contributed by atoms with Crippen LogP contribution in [0.2, 0.25) is 0 Å². The molecule has 0 aliphatic rings. The molecular formula is C25H38N4O3. The number of para-hydroxylation sites is 1. The number of pyridine rings is 1. The predicted molar refractivity (Wildman–Crippen MR) is 130 cm³/mol. The lowest BCUT2D eigenvalue weighted by Gasteiger charge is -2.32. The van der Waals surface area contributed by atoms with E-state index in [9.17, 15) is 0 Å². The highest BCUT2D eigenvalue weighted by molar-refractivity contribution is 6.06. The second-order valence-electron chi connectivity index (χ2n) is 9.73. The summed E-state index contributed by atoms with van der Waals surface area (Å²) in [5.74, 6) is 1.26. The largest absolute Gasteiger partial charge is 0.382 e. The van der Waals surface area contributed by atoms with Crippen LogP contribution < -0.4 is 5.73 Å². The van der Waals surface area contributed by atoms with Crippen molar-refractivity contribution in [2.24, 2.45) is 5.41 Å². The van der Waals surface area contributed by atoms with Crippen LogP contribution in [0.1, 0.15) is 53.8 Å². The second-order valence-corrected chi connectivity index (χ2v) is 9.73. The van der Waals surface area contributed by atoms with Gasteiger partial charge in [-0.05, 0) is 33.3 Å². The minimum Gasteiger partial charge on any atom is -0.382 e. The molecule has 0 unspecified atom stereocenters. The lowest BCUT2D eigenvalue weighted by Crippen LogP contribution is -2.36. The minimum atomic E-state index is -0.435. The number of hydrogen-bond acceptors (Lipinski definition) is 6. The van der Waals surface area contributed by atoms with Crippen molar-refractivity contribution >= 4 is 27.8 Å². The van der Waals surface area contributed by atoms with Crippen LogP contribution in [-0.4, -0.2) is 46.6 Å². The molecule has 0 aliphatic carbocycles. The standard InChI is InChI=1S/C25H38N4O3/c1-7-13-31-16-24(3,4)17-32-25(5,6)15-29-20(14-30-8-2)28-21-22(29)18-11-9-10-12-19(18)27-23(21)26/h9-12H,7-8,13-17H2,1-6H3,(H2,26,27). The summed E-state index contributed by atoms with van der Waals surface area (Å²) in [5.41, 5.74) is 8.34. The second kappa shape index (κ2) is 10.1. The van der Waals surface area contributed by atoms with E-state index in [2.05, 4.69) is 50.2 Å². The van der Waals surface area contributed by atoms with Crippen LogP contribution >= 0.6 is 0 Å². The fourth-order valence-corrected chi connectivity index (χ4v) is 3.73. The van der Waals surface area contributed by atoms with Crippen LogP contribution in [0.25, 0.3) is 21.9 Å². The van der Waals surface area contributed by atoms with Crippen molar-refractivity contribution in [1.29, 1.82) is 0 Å². The van der Waals surface area contributed by atoms with Gasteiger partial charge in [0.25, 0.3) is 0 Å². The van der Waals surface area contributed by atoms with Crippen LogP contribution in [0.3, 0.4) is 0 Å². The third-order valence-corrected chi connectivity index (χ3v) is 5.36. The van der Waals surface area contributed by atoms with Crippen molar-refractivity contribution in [3.8, 4) is 0 Å².